The van der Waals surface area contributed by atoms with Crippen molar-refractivity contribution < 1.29 is 17.9 Å². The van der Waals surface area contributed by atoms with Crippen LogP contribution in [-0.4, -0.2) is 34.2 Å². The smallest absolute Gasteiger partial charge is 0.265 e. The van der Waals surface area contributed by atoms with Gasteiger partial charge in [-0.05, 0) is 73.4 Å². The van der Waals surface area contributed by atoms with Crippen LogP contribution < -0.4 is 19.5 Å². The lowest BCUT2D eigenvalue weighted by molar-refractivity contribution is 0.402. The lowest BCUT2D eigenvalue weighted by Gasteiger charge is -2.14. The third kappa shape index (κ3) is 5.67. The van der Waals surface area contributed by atoms with Crippen LogP contribution >= 0.6 is 0 Å². The minimum Gasteiger partial charge on any atom is -0.497 e. The van der Waals surface area contributed by atoms with Gasteiger partial charge < -0.3 is 14.8 Å². The third-order valence-corrected chi connectivity index (χ3v) is 6.37. The molecule has 1 heterocycles. The monoisotopic (exact) mass is 441 g/mol. The van der Waals surface area contributed by atoms with Crippen LogP contribution in [-0.2, 0) is 16.4 Å². The van der Waals surface area contributed by atoms with E-state index < -0.39 is 10.0 Å². The summed E-state index contributed by atoms with van der Waals surface area (Å²) in [5.74, 6) is 1.80. The number of sulfonamides is 1. The number of anilines is 2. The van der Waals surface area contributed by atoms with Crippen LogP contribution in [0.3, 0.4) is 0 Å². The summed E-state index contributed by atoms with van der Waals surface area (Å²) < 4.78 is 38.7. The van der Waals surface area contributed by atoms with Crippen LogP contribution in [0.15, 0.2) is 59.6 Å². The van der Waals surface area contributed by atoms with Gasteiger partial charge in [-0.15, -0.1) is 0 Å². The first kappa shape index (κ1) is 22.4. The van der Waals surface area contributed by atoms with E-state index in [1.165, 1.54) is 18.9 Å². The maximum Gasteiger partial charge on any atom is 0.265 e. The zero-order valence-corrected chi connectivity index (χ0v) is 18.9. The van der Waals surface area contributed by atoms with E-state index in [4.69, 9.17) is 9.47 Å². The molecular weight excluding hydrogens is 414 g/mol. The van der Waals surface area contributed by atoms with E-state index in [0.29, 0.717) is 23.8 Å². The molecule has 31 heavy (non-hydrogen) atoms. The Morgan fingerprint density at radius 1 is 0.935 bits per heavy atom. The van der Waals surface area contributed by atoms with E-state index >= 15 is 0 Å². The van der Waals surface area contributed by atoms with Crippen LogP contribution in [0.1, 0.15) is 16.7 Å². The van der Waals surface area contributed by atoms with Crippen LogP contribution in [0.5, 0.6) is 11.5 Å². The van der Waals surface area contributed by atoms with E-state index in [0.717, 1.165) is 23.3 Å². The van der Waals surface area contributed by atoms with Crippen molar-refractivity contribution in [3.63, 3.8) is 0 Å². The van der Waals surface area contributed by atoms with Gasteiger partial charge in [-0.25, -0.2) is 13.4 Å². The Hall–Kier alpha value is -3.26. The molecule has 3 aromatic rings. The van der Waals surface area contributed by atoms with Crippen molar-refractivity contribution in [3.05, 3.63) is 71.4 Å². The fourth-order valence-corrected chi connectivity index (χ4v) is 4.31. The molecular formula is C23H27N3O4S. The fourth-order valence-electron chi connectivity index (χ4n) is 3.03. The summed E-state index contributed by atoms with van der Waals surface area (Å²) in [5, 5.41) is 3.24. The van der Waals surface area contributed by atoms with Crippen LogP contribution in [0.25, 0.3) is 0 Å². The van der Waals surface area contributed by atoms with E-state index in [9.17, 15) is 8.42 Å². The molecule has 3 rings (SSSR count). The summed E-state index contributed by atoms with van der Waals surface area (Å²) >= 11 is 0. The van der Waals surface area contributed by atoms with Crippen molar-refractivity contribution in [2.24, 2.45) is 0 Å². The molecule has 2 N–H and O–H groups in total. The van der Waals surface area contributed by atoms with E-state index in [-0.39, 0.29) is 4.90 Å². The molecule has 1 aromatic heterocycles. The van der Waals surface area contributed by atoms with Gasteiger partial charge in [0.05, 0.1) is 26.1 Å². The minimum atomic E-state index is -3.81. The number of benzene rings is 2. The molecule has 0 fully saturated rings. The number of aromatic nitrogens is 1. The molecule has 2 aromatic carbocycles. The Morgan fingerprint density at radius 3 is 2.26 bits per heavy atom. The van der Waals surface area contributed by atoms with Crippen molar-refractivity contribution in [3.8, 4) is 11.5 Å². The number of ether oxygens (including phenoxy) is 2. The number of pyridine rings is 1. The zero-order chi connectivity index (χ0) is 22.4. The molecule has 0 aliphatic heterocycles. The normalized spacial score (nSPS) is 11.1. The van der Waals surface area contributed by atoms with Gasteiger partial charge in [0.2, 0.25) is 0 Å². The predicted molar refractivity (Wildman–Crippen MR) is 123 cm³/mol. The van der Waals surface area contributed by atoms with Crippen LogP contribution in [0, 0.1) is 13.8 Å². The molecule has 164 valence electrons. The maximum absolute atomic E-state index is 12.9. The SMILES string of the molecule is COc1ccc(CCNc2ccc(NS(=O)(=O)c3cc(C)c(C)cc3OC)cn2)cc1. The molecule has 0 spiro atoms. The van der Waals surface area contributed by atoms with Crippen molar-refractivity contribution in [1.82, 2.24) is 4.98 Å². The molecule has 0 amide bonds. The number of methoxy groups -OCH3 is 2. The van der Waals surface area contributed by atoms with Gasteiger partial charge >= 0.3 is 0 Å². The molecule has 8 heteroatoms. The van der Waals surface area contributed by atoms with Crippen molar-refractivity contribution >= 4 is 21.5 Å². The Labute approximate surface area is 183 Å². The Morgan fingerprint density at radius 2 is 1.65 bits per heavy atom. The first-order chi connectivity index (χ1) is 14.8. The second-order valence-electron chi connectivity index (χ2n) is 7.15. The second-order valence-corrected chi connectivity index (χ2v) is 8.80. The number of nitrogens with zero attached hydrogens (tertiary/aromatic N) is 1. The quantitative estimate of drug-likeness (QED) is 0.518. The Bertz CT molecular complexity index is 1130. The summed E-state index contributed by atoms with van der Waals surface area (Å²) in [6.07, 6.45) is 2.31. The summed E-state index contributed by atoms with van der Waals surface area (Å²) in [6.45, 7) is 4.47. The van der Waals surface area contributed by atoms with Crippen LogP contribution in [0.4, 0.5) is 11.5 Å². The molecule has 7 nitrogen and oxygen atoms in total. The molecule has 0 saturated heterocycles. The highest BCUT2D eigenvalue weighted by molar-refractivity contribution is 7.92. The number of hydrogen-bond donors (Lipinski definition) is 2. The standard InChI is InChI=1S/C23H27N3O4S/c1-16-13-21(30-4)22(14-17(16)2)31(27,28)26-19-7-10-23(25-15-19)24-12-11-18-5-8-20(29-3)9-6-18/h5-10,13-15,26H,11-12H2,1-4H3,(H,24,25). The lowest BCUT2D eigenvalue weighted by atomic mass is 10.1. The molecule has 0 aliphatic carbocycles. The lowest BCUT2D eigenvalue weighted by Crippen LogP contribution is -2.15. The van der Waals surface area contributed by atoms with Crippen molar-refractivity contribution in [1.29, 1.82) is 0 Å². The average molecular weight is 442 g/mol. The maximum atomic E-state index is 12.9. The summed E-state index contributed by atoms with van der Waals surface area (Å²) in [4.78, 5) is 4.40. The Balaban J connectivity index is 1.62. The van der Waals surface area contributed by atoms with E-state index in [2.05, 4.69) is 15.0 Å². The number of rotatable bonds is 9. The van der Waals surface area contributed by atoms with E-state index in [1.807, 2.05) is 38.1 Å². The highest BCUT2D eigenvalue weighted by Crippen LogP contribution is 2.29. The summed E-state index contributed by atoms with van der Waals surface area (Å²) in [6, 6.07) is 14.6. The molecule has 0 atom stereocenters. The largest absolute Gasteiger partial charge is 0.497 e. The van der Waals surface area contributed by atoms with Gasteiger partial charge in [-0.3, -0.25) is 4.72 Å². The predicted octanol–water partition coefficient (Wildman–Crippen LogP) is 4.17. The van der Waals surface area contributed by atoms with Crippen molar-refractivity contribution in [2.45, 2.75) is 25.2 Å². The van der Waals surface area contributed by atoms with Crippen molar-refractivity contribution in [2.75, 3.05) is 30.8 Å². The first-order valence-corrected chi connectivity index (χ1v) is 11.3. The average Bonchev–Trinajstić information content (AvgIpc) is 2.76. The molecule has 0 radical (unpaired) electrons. The van der Waals surface area contributed by atoms with E-state index in [1.54, 1.807) is 31.4 Å². The van der Waals surface area contributed by atoms with Gasteiger partial charge in [-0.1, -0.05) is 12.1 Å². The number of aryl methyl sites for hydroxylation is 2. The zero-order valence-electron chi connectivity index (χ0n) is 18.1. The van der Waals surface area contributed by atoms with Crippen LogP contribution in [0.2, 0.25) is 0 Å². The number of nitrogens with one attached hydrogen (secondary N) is 2. The van der Waals surface area contributed by atoms with Gasteiger partial charge in [0.1, 0.15) is 22.2 Å². The second kappa shape index (κ2) is 9.70. The third-order valence-electron chi connectivity index (χ3n) is 4.96. The minimum absolute atomic E-state index is 0.0970. The number of hydrogen-bond acceptors (Lipinski definition) is 6. The fraction of sp³-hybridized carbons (Fsp3) is 0.261. The molecule has 0 aliphatic rings. The topological polar surface area (TPSA) is 89.6 Å². The highest BCUT2D eigenvalue weighted by Gasteiger charge is 2.21. The molecule has 0 unspecified atom stereocenters. The van der Waals surface area contributed by atoms with Gasteiger partial charge in [-0.2, -0.15) is 0 Å². The van der Waals surface area contributed by atoms with Gasteiger partial charge in [0.25, 0.3) is 10.0 Å². The highest BCUT2D eigenvalue weighted by atomic mass is 32.2. The van der Waals surface area contributed by atoms with Gasteiger partial charge in [0.15, 0.2) is 0 Å². The van der Waals surface area contributed by atoms with Gasteiger partial charge in [0, 0.05) is 6.54 Å². The molecule has 0 saturated carbocycles. The molecule has 0 bridgehead atoms. The first-order valence-electron chi connectivity index (χ1n) is 9.83. The summed E-state index contributed by atoms with van der Waals surface area (Å²) in [7, 11) is -0.714. The summed E-state index contributed by atoms with van der Waals surface area (Å²) in [5.41, 5.74) is 3.39. The Kier molecular flexibility index (Phi) is 7.02.